The Balaban J connectivity index is 2.23. The van der Waals surface area contributed by atoms with Crippen LogP contribution in [0.25, 0.3) is 16.8 Å². The van der Waals surface area contributed by atoms with Crippen LogP contribution in [0.4, 0.5) is 0 Å². The van der Waals surface area contributed by atoms with Crippen LogP contribution >= 0.6 is 0 Å². The highest BCUT2D eigenvalue weighted by molar-refractivity contribution is 5.95. The minimum atomic E-state index is -0.258. The van der Waals surface area contributed by atoms with E-state index in [0.29, 0.717) is 0 Å². The summed E-state index contributed by atoms with van der Waals surface area (Å²) < 4.78 is 5.31. The minimum absolute atomic E-state index is 0.254. The van der Waals surface area contributed by atoms with Crippen molar-refractivity contribution in [2.75, 3.05) is 0 Å². The first kappa shape index (κ1) is 10.1. The van der Waals surface area contributed by atoms with E-state index in [2.05, 4.69) is 18.2 Å². The standard InChI is InChI=1S/C15H12O2/c1-10(16)17-14-9-8-12-5-2-4-11-6-3-7-13(14)15(11)12/h2-9,14H,1H3. The summed E-state index contributed by atoms with van der Waals surface area (Å²) in [6.45, 7) is 1.44. The predicted octanol–water partition coefficient (Wildman–Crippen LogP) is 3.47. The number of ether oxygens (including phenoxy) is 1. The first-order valence-electron chi connectivity index (χ1n) is 5.63. The van der Waals surface area contributed by atoms with E-state index in [1.165, 1.54) is 23.3 Å². The Bertz CT molecular complexity index is 621. The van der Waals surface area contributed by atoms with Crippen molar-refractivity contribution in [3.8, 4) is 0 Å². The SMILES string of the molecule is CC(=O)OC1C=Cc2cccc3cccc1c23. The van der Waals surface area contributed by atoms with E-state index in [0.717, 1.165) is 5.56 Å². The summed E-state index contributed by atoms with van der Waals surface area (Å²) in [4.78, 5) is 11.1. The van der Waals surface area contributed by atoms with Gasteiger partial charge in [0.1, 0.15) is 6.10 Å². The molecular formula is C15H12O2. The number of rotatable bonds is 1. The highest BCUT2D eigenvalue weighted by atomic mass is 16.5. The van der Waals surface area contributed by atoms with Crippen LogP contribution in [0.5, 0.6) is 0 Å². The van der Waals surface area contributed by atoms with Crippen LogP contribution in [0.2, 0.25) is 0 Å². The summed E-state index contributed by atoms with van der Waals surface area (Å²) >= 11 is 0. The molecule has 1 atom stereocenters. The lowest BCUT2D eigenvalue weighted by Gasteiger charge is -2.20. The van der Waals surface area contributed by atoms with Crippen molar-refractivity contribution < 1.29 is 9.53 Å². The normalized spacial score (nSPS) is 17.1. The Kier molecular flexibility index (Phi) is 2.22. The lowest BCUT2D eigenvalue weighted by molar-refractivity contribution is -0.144. The first-order chi connectivity index (χ1) is 8.25. The highest BCUT2D eigenvalue weighted by Gasteiger charge is 2.19. The first-order valence-corrected chi connectivity index (χ1v) is 5.63. The van der Waals surface area contributed by atoms with Crippen LogP contribution in [0.15, 0.2) is 42.5 Å². The topological polar surface area (TPSA) is 26.3 Å². The third-order valence-electron chi connectivity index (χ3n) is 3.02. The van der Waals surface area contributed by atoms with Crippen molar-refractivity contribution in [2.24, 2.45) is 0 Å². The molecule has 0 saturated carbocycles. The van der Waals surface area contributed by atoms with Crippen LogP contribution in [0, 0.1) is 0 Å². The Morgan fingerprint density at radius 2 is 1.94 bits per heavy atom. The Hall–Kier alpha value is -2.09. The number of hydrogen-bond acceptors (Lipinski definition) is 2. The fourth-order valence-corrected chi connectivity index (χ4v) is 2.35. The van der Waals surface area contributed by atoms with Crippen molar-refractivity contribution in [1.29, 1.82) is 0 Å². The van der Waals surface area contributed by atoms with E-state index in [-0.39, 0.29) is 12.1 Å². The van der Waals surface area contributed by atoms with E-state index < -0.39 is 0 Å². The number of benzene rings is 2. The number of esters is 1. The number of carbonyl (C=O) groups excluding carboxylic acids is 1. The molecule has 0 spiro atoms. The van der Waals surface area contributed by atoms with Crippen LogP contribution in [-0.4, -0.2) is 5.97 Å². The second-order valence-electron chi connectivity index (χ2n) is 4.18. The molecule has 1 unspecified atom stereocenters. The molecule has 1 aliphatic carbocycles. The average molecular weight is 224 g/mol. The molecular weight excluding hydrogens is 212 g/mol. The van der Waals surface area contributed by atoms with Crippen molar-refractivity contribution in [3.05, 3.63) is 53.6 Å². The van der Waals surface area contributed by atoms with Crippen molar-refractivity contribution in [3.63, 3.8) is 0 Å². The molecule has 0 amide bonds. The largest absolute Gasteiger partial charge is 0.453 e. The van der Waals surface area contributed by atoms with Gasteiger partial charge in [-0.1, -0.05) is 42.5 Å². The zero-order valence-corrected chi connectivity index (χ0v) is 9.51. The maximum atomic E-state index is 11.1. The van der Waals surface area contributed by atoms with E-state index in [1.807, 2.05) is 30.4 Å². The summed E-state index contributed by atoms with van der Waals surface area (Å²) in [6, 6.07) is 12.3. The molecule has 0 N–H and O–H groups in total. The highest BCUT2D eigenvalue weighted by Crippen LogP contribution is 2.35. The van der Waals surface area contributed by atoms with Crippen LogP contribution in [0.1, 0.15) is 24.2 Å². The van der Waals surface area contributed by atoms with Crippen LogP contribution in [-0.2, 0) is 9.53 Å². The molecule has 0 heterocycles. The van der Waals surface area contributed by atoms with Crippen LogP contribution < -0.4 is 0 Å². The minimum Gasteiger partial charge on any atom is -0.453 e. The van der Waals surface area contributed by atoms with Gasteiger partial charge >= 0.3 is 5.97 Å². The second-order valence-corrected chi connectivity index (χ2v) is 4.18. The van der Waals surface area contributed by atoms with E-state index in [1.54, 1.807) is 0 Å². The fourth-order valence-electron chi connectivity index (χ4n) is 2.35. The van der Waals surface area contributed by atoms with Gasteiger partial charge in [-0.2, -0.15) is 0 Å². The molecule has 0 bridgehead atoms. The summed E-state index contributed by atoms with van der Waals surface area (Å²) in [7, 11) is 0. The van der Waals surface area contributed by atoms with Gasteiger partial charge in [-0.15, -0.1) is 0 Å². The Morgan fingerprint density at radius 3 is 2.71 bits per heavy atom. The quantitative estimate of drug-likeness (QED) is 0.693. The van der Waals surface area contributed by atoms with Gasteiger partial charge in [0.05, 0.1) is 0 Å². The smallest absolute Gasteiger partial charge is 0.303 e. The van der Waals surface area contributed by atoms with Gasteiger partial charge in [-0.05, 0) is 22.4 Å². The van der Waals surface area contributed by atoms with E-state index >= 15 is 0 Å². The molecule has 0 fully saturated rings. The van der Waals surface area contributed by atoms with Crippen molar-refractivity contribution in [2.45, 2.75) is 13.0 Å². The summed E-state index contributed by atoms with van der Waals surface area (Å²) in [5.74, 6) is -0.254. The summed E-state index contributed by atoms with van der Waals surface area (Å²) in [5.41, 5.74) is 2.25. The lowest BCUT2D eigenvalue weighted by atomic mass is 9.91. The van der Waals surface area contributed by atoms with Gasteiger partial charge in [0, 0.05) is 12.5 Å². The zero-order valence-electron chi connectivity index (χ0n) is 9.51. The van der Waals surface area contributed by atoms with Gasteiger partial charge in [0.2, 0.25) is 0 Å². The Labute approximate surface area is 99.5 Å². The van der Waals surface area contributed by atoms with E-state index in [4.69, 9.17) is 4.74 Å². The maximum Gasteiger partial charge on any atom is 0.303 e. The zero-order chi connectivity index (χ0) is 11.8. The lowest BCUT2D eigenvalue weighted by Crippen LogP contribution is -2.09. The molecule has 0 saturated heterocycles. The monoisotopic (exact) mass is 224 g/mol. The van der Waals surface area contributed by atoms with Gasteiger partial charge in [0.15, 0.2) is 0 Å². The predicted molar refractivity (Wildman–Crippen MR) is 67.5 cm³/mol. The molecule has 0 radical (unpaired) electrons. The number of hydrogen-bond donors (Lipinski definition) is 0. The molecule has 17 heavy (non-hydrogen) atoms. The van der Waals surface area contributed by atoms with Gasteiger partial charge in [-0.25, -0.2) is 0 Å². The summed E-state index contributed by atoms with van der Waals surface area (Å²) in [5, 5.41) is 2.37. The van der Waals surface area contributed by atoms with Gasteiger partial charge in [0.25, 0.3) is 0 Å². The third kappa shape index (κ3) is 1.62. The second kappa shape index (κ2) is 3.74. The summed E-state index contributed by atoms with van der Waals surface area (Å²) in [6.07, 6.45) is 3.69. The molecule has 3 rings (SSSR count). The fraction of sp³-hybridized carbons (Fsp3) is 0.133. The molecule has 1 aliphatic rings. The van der Waals surface area contributed by atoms with Gasteiger partial charge < -0.3 is 4.74 Å². The molecule has 2 nitrogen and oxygen atoms in total. The molecule has 0 aliphatic heterocycles. The molecule has 84 valence electrons. The Morgan fingerprint density at radius 1 is 1.18 bits per heavy atom. The van der Waals surface area contributed by atoms with Gasteiger partial charge in [-0.3, -0.25) is 4.79 Å². The molecule has 0 aromatic heterocycles. The molecule has 2 aromatic carbocycles. The molecule has 2 heteroatoms. The van der Waals surface area contributed by atoms with Crippen molar-refractivity contribution >= 4 is 22.8 Å². The molecule has 2 aromatic rings. The average Bonchev–Trinajstić information content (AvgIpc) is 2.33. The maximum absolute atomic E-state index is 11.1. The third-order valence-corrected chi connectivity index (χ3v) is 3.02. The van der Waals surface area contributed by atoms with Crippen molar-refractivity contribution in [1.82, 2.24) is 0 Å². The van der Waals surface area contributed by atoms with Crippen LogP contribution in [0.3, 0.4) is 0 Å². The van der Waals surface area contributed by atoms with E-state index in [9.17, 15) is 4.79 Å². The number of carbonyl (C=O) groups is 1.